The molecule has 0 saturated heterocycles. The van der Waals surface area contributed by atoms with Crippen LogP contribution in [0.4, 0.5) is 5.95 Å². The lowest BCUT2D eigenvalue weighted by Gasteiger charge is -2.08. The molecule has 0 unspecified atom stereocenters. The highest BCUT2D eigenvalue weighted by atomic mass is 32.2. The van der Waals surface area contributed by atoms with Gasteiger partial charge in [-0.3, -0.25) is 10.1 Å². The molecule has 0 atom stereocenters. The van der Waals surface area contributed by atoms with E-state index in [2.05, 4.69) is 25.3 Å². The third-order valence-corrected chi connectivity index (χ3v) is 2.92. The number of carbonyl (C=O) groups is 1. The Labute approximate surface area is 106 Å². The van der Waals surface area contributed by atoms with E-state index >= 15 is 0 Å². The van der Waals surface area contributed by atoms with Gasteiger partial charge in [-0.25, -0.2) is 9.78 Å². The van der Waals surface area contributed by atoms with Crippen molar-refractivity contribution in [3.05, 3.63) is 34.1 Å². The van der Waals surface area contributed by atoms with Crippen molar-refractivity contribution in [1.82, 2.24) is 19.9 Å². The third kappa shape index (κ3) is 2.43. The predicted octanol–water partition coefficient (Wildman–Crippen LogP) is 0.776. The molecule has 3 N–H and O–H groups in total. The first-order valence-electron chi connectivity index (χ1n) is 5.07. The van der Waals surface area contributed by atoms with Crippen molar-refractivity contribution in [3.8, 4) is 0 Å². The fourth-order valence-electron chi connectivity index (χ4n) is 1.48. The minimum Gasteiger partial charge on any atom is -0.331 e. The maximum absolute atomic E-state index is 12.1. The van der Waals surface area contributed by atoms with Gasteiger partial charge in [-0.05, 0) is 13.2 Å². The normalized spacial score (nSPS) is 10.3. The summed E-state index contributed by atoms with van der Waals surface area (Å²) in [7, 11) is 0. The van der Waals surface area contributed by atoms with Crippen LogP contribution in [0.2, 0.25) is 0 Å². The summed E-state index contributed by atoms with van der Waals surface area (Å²) < 4.78 is 0. The van der Waals surface area contributed by atoms with E-state index in [1.165, 1.54) is 18.0 Å². The maximum atomic E-state index is 12.1. The van der Waals surface area contributed by atoms with E-state index in [0.29, 0.717) is 22.2 Å². The molecule has 1 amide bonds. The zero-order chi connectivity index (χ0) is 13.1. The zero-order valence-corrected chi connectivity index (χ0v) is 10.6. The first-order valence-corrected chi connectivity index (χ1v) is 6.30. The van der Waals surface area contributed by atoms with Crippen LogP contribution in [0.15, 0.2) is 22.2 Å². The van der Waals surface area contributed by atoms with Gasteiger partial charge in [0, 0.05) is 18.1 Å². The summed E-state index contributed by atoms with van der Waals surface area (Å²) in [6.07, 6.45) is 4.89. The van der Waals surface area contributed by atoms with E-state index in [1.807, 2.05) is 0 Å². The van der Waals surface area contributed by atoms with E-state index in [0.717, 1.165) is 0 Å². The summed E-state index contributed by atoms with van der Waals surface area (Å²) in [5.41, 5.74) is 0.355. The van der Waals surface area contributed by atoms with E-state index in [4.69, 9.17) is 0 Å². The van der Waals surface area contributed by atoms with E-state index in [9.17, 15) is 9.59 Å². The zero-order valence-electron chi connectivity index (χ0n) is 9.77. The SMILES string of the molecule is CSc1nc(=O)[nH]c(C)c1C(=O)Nc1ncc[nH]1. The Morgan fingerprint density at radius 1 is 1.50 bits per heavy atom. The monoisotopic (exact) mass is 265 g/mol. The number of anilines is 1. The average molecular weight is 265 g/mol. The van der Waals surface area contributed by atoms with Crippen LogP contribution in [-0.4, -0.2) is 32.1 Å². The van der Waals surface area contributed by atoms with Crippen molar-refractivity contribution < 1.29 is 4.79 Å². The van der Waals surface area contributed by atoms with Crippen LogP contribution < -0.4 is 11.0 Å². The Hall–Kier alpha value is -2.09. The smallest absolute Gasteiger partial charge is 0.331 e. The first kappa shape index (κ1) is 12.4. The van der Waals surface area contributed by atoms with Crippen LogP contribution in [0.25, 0.3) is 0 Å². The van der Waals surface area contributed by atoms with Gasteiger partial charge in [-0.1, -0.05) is 0 Å². The van der Waals surface area contributed by atoms with Gasteiger partial charge in [0.2, 0.25) is 5.95 Å². The van der Waals surface area contributed by atoms with Gasteiger partial charge in [-0.2, -0.15) is 4.98 Å². The summed E-state index contributed by atoms with van der Waals surface area (Å²) in [6.45, 7) is 1.65. The predicted molar refractivity (Wildman–Crippen MR) is 67.9 cm³/mol. The molecule has 0 spiro atoms. The molecule has 2 aromatic rings. The number of nitrogens with one attached hydrogen (secondary N) is 3. The van der Waals surface area contributed by atoms with Crippen LogP contribution in [0.1, 0.15) is 16.1 Å². The summed E-state index contributed by atoms with van der Waals surface area (Å²) in [5, 5.41) is 2.98. The number of amides is 1. The number of hydrogen-bond donors (Lipinski definition) is 3. The van der Waals surface area contributed by atoms with Gasteiger partial charge in [0.05, 0.1) is 5.56 Å². The number of carbonyl (C=O) groups excluding carboxylic acids is 1. The highest BCUT2D eigenvalue weighted by molar-refractivity contribution is 7.98. The van der Waals surface area contributed by atoms with Crippen molar-refractivity contribution in [3.63, 3.8) is 0 Å². The number of imidazole rings is 1. The third-order valence-electron chi connectivity index (χ3n) is 2.24. The quantitative estimate of drug-likeness (QED) is 0.562. The van der Waals surface area contributed by atoms with Crippen molar-refractivity contribution in [2.45, 2.75) is 11.9 Å². The Balaban J connectivity index is 2.38. The molecule has 0 aliphatic rings. The second-order valence-corrected chi connectivity index (χ2v) is 4.24. The molecule has 0 saturated carbocycles. The summed E-state index contributed by atoms with van der Waals surface area (Å²) >= 11 is 1.24. The molecule has 0 fully saturated rings. The van der Waals surface area contributed by atoms with Crippen LogP contribution in [-0.2, 0) is 0 Å². The lowest BCUT2D eigenvalue weighted by molar-refractivity contribution is 0.102. The van der Waals surface area contributed by atoms with Crippen LogP contribution >= 0.6 is 11.8 Å². The highest BCUT2D eigenvalue weighted by Gasteiger charge is 2.17. The van der Waals surface area contributed by atoms with Gasteiger partial charge in [-0.15, -0.1) is 11.8 Å². The van der Waals surface area contributed by atoms with E-state index in [1.54, 1.807) is 19.4 Å². The number of H-pyrrole nitrogens is 2. The Kier molecular flexibility index (Phi) is 3.47. The van der Waals surface area contributed by atoms with Gasteiger partial charge in [0.25, 0.3) is 5.91 Å². The Morgan fingerprint density at radius 3 is 2.89 bits per heavy atom. The average Bonchev–Trinajstić information content (AvgIpc) is 2.80. The first-order chi connectivity index (χ1) is 8.61. The largest absolute Gasteiger partial charge is 0.346 e. The Bertz CT molecular complexity index is 620. The topological polar surface area (TPSA) is 104 Å². The molecule has 2 rings (SSSR count). The second kappa shape index (κ2) is 5.05. The number of aromatic amines is 2. The summed E-state index contributed by atoms with van der Waals surface area (Å²) in [6, 6.07) is 0. The van der Waals surface area contributed by atoms with Gasteiger partial charge < -0.3 is 9.97 Å². The summed E-state index contributed by atoms with van der Waals surface area (Å²) in [4.78, 5) is 36.2. The van der Waals surface area contributed by atoms with Crippen molar-refractivity contribution in [2.75, 3.05) is 11.6 Å². The molecular formula is C10H11N5O2S. The molecule has 0 aliphatic heterocycles. The fraction of sp³-hybridized carbons (Fsp3) is 0.200. The molecule has 0 aromatic carbocycles. The molecule has 8 heteroatoms. The van der Waals surface area contributed by atoms with E-state index in [-0.39, 0.29) is 5.91 Å². The minimum absolute atomic E-state index is 0.345. The molecule has 2 aromatic heterocycles. The number of aromatic nitrogens is 4. The molecular weight excluding hydrogens is 254 g/mol. The van der Waals surface area contributed by atoms with Crippen molar-refractivity contribution >= 4 is 23.6 Å². The van der Waals surface area contributed by atoms with Crippen molar-refractivity contribution in [2.24, 2.45) is 0 Å². The van der Waals surface area contributed by atoms with Crippen LogP contribution in [0.5, 0.6) is 0 Å². The van der Waals surface area contributed by atoms with Gasteiger partial charge >= 0.3 is 5.69 Å². The number of thioether (sulfide) groups is 1. The number of nitrogens with zero attached hydrogens (tertiary/aromatic N) is 2. The van der Waals surface area contributed by atoms with Gasteiger partial charge in [0.1, 0.15) is 5.03 Å². The molecule has 7 nitrogen and oxygen atoms in total. The standard InChI is InChI=1S/C10H11N5O2S/c1-5-6(8(18-2)15-10(17)13-5)7(16)14-9-11-3-4-12-9/h3-4H,1-2H3,(H,13,15,17)(H2,11,12,14,16). The lowest BCUT2D eigenvalue weighted by Crippen LogP contribution is -2.22. The number of hydrogen-bond acceptors (Lipinski definition) is 5. The molecule has 2 heterocycles. The second-order valence-electron chi connectivity index (χ2n) is 3.44. The fourth-order valence-corrected chi connectivity index (χ4v) is 2.10. The molecule has 0 aliphatic carbocycles. The minimum atomic E-state index is -0.466. The molecule has 94 valence electrons. The van der Waals surface area contributed by atoms with Crippen molar-refractivity contribution in [1.29, 1.82) is 0 Å². The number of rotatable bonds is 3. The number of aryl methyl sites for hydroxylation is 1. The van der Waals surface area contributed by atoms with Crippen LogP contribution in [0.3, 0.4) is 0 Å². The molecule has 18 heavy (non-hydrogen) atoms. The Morgan fingerprint density at radius 2 is 2.28 bits per heavy atom. The van der Waals surface area contributed by atoms with Crippen LogP contribution in [0, 0.1) is 6.92 Å². The summed E-state index contributed by atoms with van der Waals surface area (Å²) in [5.74, 6) is -0.0202. The molecule has 0 bridgehead atoms. The van der Waals surface area contributed by atoms with Gasteiger partial charge in [0.15, 0.2) is 0 Å². The maximum Gasteiger partial charge on any atom is 0.346 e. The van der Waals surface area contributed by atoms with E-state index < -0.39 is 5.69 Å². The molecule has 0 radical (unpaired) electrons. The lowest BCUT2D eigenvalue weighted by atomic mass is 10.2. The highest BCUT2D eigenvalue weighted by Crippen LogP contribution is 2.18.